The number of carbonyl (C=O) groups is 1. The van der Waals surface area contributed by atoms with Gasteiger partial charge in [0.1, 0.15) is 0 Å². The van der Waals surface area contributed by atoms with E-state index in [1.54, 1.807) is 35.4 Å². The van der Waals surface area contributed by atoms with Crippen LogP contribution < -0.4 is 5.32 Å². The van der Waals surface area contributed by atoms with E-state index in [0.717, 1.165) is 11.3 Å². The Morgan fingerprint density at radius 2 is 1.79 bits per heavy atom. The Hall–Kier alpha value is -4.52. The first kappa shape index (κ1) is 20.4. The molecule has 0 aliphatic heterocycles. The van der Waals surface area contributed by atoms with Gasteiger partial charge in [-0.1, -0.05) is 48.0 Å². The van der Waals surface area contributed by atoms with Gasteiger partial charge in [0, 0.05) is 29.6 Å². The van der Waals surface area contributed by atoms with Crippen molar-refractivity contribution in [1.29, 1.82) is 0 Å². The molecular weight excluding hydrogens is 414 g/mol. The summed E-state index contributed by atoms with van der Waals surface area (Å²) in [5, 5.41) is 7.29. The molecule has 1 N–H and O–H groups in total. The molecule has 1 amide bonds. The van der Waals surface area contributed by atoms with Crippen molar-refractivity contribution in [2.24, 2.45) is 0 Å². The Bertz CT molecular complexity index is 1390. The van der Waals surface area contributed by atoms with Crippen molar-refractivity contribution >= 4 is 11.7 Å². The fourth-order valence-corrected chi connectivity index (χ4v) is 3.48. The number of carbonyl (C=O) groups excluding carboxylic acids is 1. The van der Waals surface area contributed by atoms with Gasteiger partial charge in [-0.3, -0.25) is 14.5 Å². The van der Waals surface area contributed by atoms with Gasteiger partial charge in [-0.15, -0.1) is 0 Å². The van der Waals surface area contributed by atoms with E-state index in [9.17, 15) is 4.79 Å². The number of amides is 1. The van der Waals surface area contributed by atoms with Crippen LogP contribution in [0, 0.1) is 6.92 Å². The van der Waals surface area contributed by atoms with Crippen LogP contribution in [0.2, 0.25) is 0 Å². The summed E-state index contributed by atoms with van der Waals surface area (Å²) in [6, 6.07) is 22.7. The number of pyridine rings is 1. The maximum Gasteiger partial charge on any atom is 0.257 e. The van der Waals surface area contributed by atoms with Gasteiger partial charge in [-0.2, -0.15) is 5.10 Å². The Labute approximate surface area is 190 Å². The van der Waals surface area contributed by atoms with E-state index in [-0.39, 0.29) is 5.91 Å². The van der Waals surface area contributed by atoms with Crippen LogP contribution in [0.1, 0.15) is 21.6 Å². The van der Waals surface area contributed by atoms with Gasteiger partial charge in [0.25, 0.3) is 5.91 Å². The summed E-state index contributed by atoms with van der Waals surface area (Å²) >= 11 is 0. The summed E-state index contributed by atoms with van der Waals surface area (Å²) < 4.78 is 7.72. The van der Waals surface area contributed by atoms with Crippen LogP contribution in [-0.2, 0) is 6.54 Å². The lowest BCUT2D eigenvalue weighted by Crippen LogP contribution is -2.14. The number of anilines is 1. The lowest BCUT2D eigenvalue weighted by Gasteiger charge is -2.06. The Morgan fingerprint density at radius 3 is 2.61 bits per heavy atom. The Kier molecular flexibility index (Phi) is 5.51. The quantitative estimate of drug-likeness (QED) is 0.396. The SMILES string of the molecule is Cc1ccc(-c2cnc(-c3ccccc3C(=O)Nc3ccn(Cc4ccccn4)n3)o2)cc1. The maximum atomic E-state index is 13.0. The number of nitrogens with one attached hydrogen (secondary N) is 1. The Balaban J connectivity index is 1.35. The maximum absolute atomic E-state index is 13.0. The number of oxazole rings is 1. The monoisotopic (exact) mass is 435 g/mol. The number of rotatable bonds is 6. The number of hydrogen-bond donors (Lipinski definition) is 1. The molecule has 2 aromatic carbocycles. The van der Waals surface area contributed by atoms with Crippen molar-refractivity contribution in [3.05, 3.63) is 108 Å². The molecule has 162 valence electrons. The normalized spacial score (nSPS) is 10.8. The molecule has 0 aliphatic rings. The molecule has 0 atom stereocenters. The molecule has 0 saturated carbocycles. The van der Waals surface area contributed by atoms with E-state index in [1.165, 1.54) is 5.56 Å². The zero-order valence-corrected chi connectivity index (χ0v) is 18.0. The van der Waals surface area contributed by atoms with E-state index >= 15 is 0 Å². The number of hydrogen-bond acceptors (Lipinski definition) is 5. The molecule has 0 spiro atoms. The van der Waals surface area contributed by atoms with E-state index in [4.69, 9.17) is 4.42 Å². The van der Waals surface area contributed by atoms with Gasteiger partial charge in [-0.25, -0.2) is 4.98 Å². The minimum absolute atomic E-state index is 0.288. The lowest BCUT2D eigenvalue weighted by atomic mass is 10.1. The second-order valence-corrected chi connectivity index (χ2v) is 7.62. The number of aryl methyl sites for hydroxylation is 1. The summed E-state index contributed by atoms with van der Waals surface area (Å²) in [5.74, 6) is 1.20. The van der Waals surface area contributed by atoms with Crippen LogP contribution in [-0.4, -0.2) is 25.7 Å². The molecule has 0 radical (unpaired) electrons. The number of nitrogens with zero attached hydrogens (tertiary/aromatic N) is 4. The minimum atomic E-state index is -0.288. The predicted octanol–water partition coefficient (Wildman–Crippen LogP) is 5.21. The van der Waals surface area contributed by atoms with Crippen molar-refractivity contribution in [3.63, 3.8) is 0 Å². The van der Waals surface area contributed by atoms with Crippen LogP contribution in [0.3, 0.4) is 0 Å². The van der Waals surface area contributed by atoms with Gasteiger partial charge >= 0.3 is 0 Å². The summed E-state index contributed by atoms with van der Waals surface area (Å²) in [5.41, 5.74) is 4.05. The highest BCUT2D eigenvalue weighted by atomic mass is 16.4. The molecule has 5 rings (SSSR count). The summed E-state index contributed by atoms with van der Waals surface area (Å²) in [6.45, 7) is 2.55. The highest BCUT2D eigenvalue weighted by molar-refractivity contribution is 6.07. The minimum Gasteiger partial charge on any atom is -0.436 e. The average Bonchev–Trinajstić information content (AvgIpc) is 3.50. The highest BCUT2D eigenvalue weighted by Gasteiger charge is 2.18. The van der Waals surface area contributed by atoms with Crippen molar-refractivity contribution in [3.8, 4) is 22.8 Å². The molecule has 0 fully saturated rings. The first-order valence-electron chi connectivity index (χ1n) is 10.5. The smallest absolute Gasteiger partial charge is 0.257 e. The zero-order valence-electron chi connectivity index (χ0n) is 18.0. The van der Waals surface area contributed by atoms with Crippen LogP contribution >= 0.6 is 0 Å². The molecule has 3 aromatic heterocycles. The third kappa shape index (κ3) is 4.57. The molecule has 3 heterocycles. The molecule has 0 unspecified atom stereocenters. The van der Waals surface area contributed by atoms with Gasteiger partial charge in [0.05, 0.1) is 24.0 Å². The predicted molar refractivity (Wildman–Crippen MR) is 126 cm³/mol. The van der Waals surface area contributed by atoms with Crippen molar-refractivity contribution < 1.29 is 9.21 Å². The number of benzene rings is 2. The van der Waals surface area contributed by atoms with Crippen LogP contribution in [0.5, 0.6) is 0 Å². The van der Waals surface area contributed by atoms with Crippen LogP contribution in [0.15, 0.2) is 95.8 Å². The highest BCUT2D eigenvalue weighted by Crippen LogP contribution is 2.28. The van der Waals surface area contributed by atoms with E-state index in [0.29, 0.717) is 35.1 Å². The van der Waals surface area contributed by atoms with Crippen molar-refractivity contribution in [1.82, 2.24) is 19.7 Å². The standard InChI is InChI=1S/C26H21N5O2/c1-18-9-11-19(12-10-18)23-16-28-26(33-23)22-8-3-2-7-21(22)25(32)29-24-13-15-31(30-24)17-20-6-4-5-14-27-20/h2-16H,17H2,1H3,(H,29,30,32). The third-order valence-electron chi connectivity index (χ3n) is 5.18. The van der Waals surface area contributed by atoms with Gasteiger partial charge in [0.2, 0.25) is 5.89 Å². The van der Waals surface area contributed by atoms with E-state index in [1.807, 2.05) is 67.6 Å². The number of aromatic nitrogens is 4. The lowest BCUT2D eigenvalue weighted by molar-refractivity contribution is 0.102. The summed E-state index contributed by atoms with van der Waals surface area (Å²) in [7, 11) is 0. The molecule has 33 heavy (non-hydrogen) atoms. The molecule has 0 bridgehead atoms. The van der Waals surface area contributed by atoms with Crippen molar-refractivity contribution in [2.45, 2.75) is 13.5 Å². The third-order valence-corrected chi connectivity index (χ3v) is 5.18. The molecule has 5 aromatic rings. The molecule has 0 aliphatic carbocycles. The molecular formula is C26H21N5O2. The largest absolute Gasteiger partial charge is 0.436 e. The second-order valence-electron chi connectivity index (χ2n) is 7.62. The van der Waals surface area contributed by atoms with Gasteiger partial charge in [0.15, 0.2) is 11.6 Å². The Morgan fingerprint density at radius 1 is 0.970 bits per heavy atom. The van der Waals surface area contributed by atoms with Gasteiger partial charge in [-0.05, 0) is 31.2 Å². The zero-order chi connectivity index (χ0) is 22.6. The fraction of sp³-hybridized carbons (Fsp3) is 0.0769. The second kappa shape index (κ2) is 8.92. The first-order chi connectivity index (χ1) is 16.2. The molecule has 0 saturated heterocycles. The fourth-order valence-electron chi connectivity index (χ4n) is 3.48. The van der Waals surface area contributed by atoms with E-state index < -0.39 is 0 Å². The first-order valence-corrected chi connectivity index (χ1v) is 10.5. The van der Waals surface area contributed by atoms with E-state index in [2.05, 4.69) is 20.4 Å². The summed E-state index contributed by atoms with van der Waals surface area (Å²) in [6.07, 6.45) is 5.22. The van der Waals surface area contributed by atoms with Crippen LogP contribution in [0.4, 0.5) is 5.82 Å². The van der Waals surface area contributed by atoms with Crippen LogP contribution in [0.25, 0.3) is 22.8 Å². The van der Waals surface area contributed by atoms with Crippen molar-refractivity contribution in [2.75, 3.05) is 5.32 Å². The average molecular weight is 435 g/mol. The topological polar surface area (TPSA) is 85.8 Å². The summed E-state index contributed by atoms with van der Waals surface area (Å²) in [4.78, 5) is 21.8. The molecule has 7 heteroatoms. The molecule has 7 nitrogen and oxygen atoms in total. The van der Waals surface area contributed by atoms with Gasteiger partial charge < -0.3 is 9.73 Å².